The maximum absolute atomic E-state index is 10.4. The first-order valence-corrected chi connectivity index (χ1v) is 6.34. The molecule has 88 valence electrons. The van der Waals surface area contributed by atoms with Gasteiger partial charge in [0.25, 0.3) is 0 Å². The van der Waals surface area contributed by atoms with E-state index >= 15 is 0 Å². The first kappa shape index (κ1) is 11.0. The Labute approximate surface area is 106 Å². The molecule has 1 N–H and O–H groups in total. The minimum absolute atomic E-state index is 0.587. The molecule has 1 aliphatic carbocycles. The summed E-state index contributed by atoms with van der Waals surface area (Å²) in [6.07, 6.45) is 5.26. The minimum Gasteiger partial charge on any atom is -0.382 e. The van der Waals surface area contributed by atoms with Crippen molar-refractivity contribution in [2.24, 2.45) is 4.99 Å². The summed E-state index contributed by atoms with van der Waals surface area (Å²) < 4.78 is 0. The van der Waals surface area contributed by atoms with Crippen molar-refractivity contribution < 1.29 is 5.11 Å². The first-order valence-electron chi connectivity index (χ1n) is 5.96. The summed E-state index contributed by atoms with van der Waals surface area (Å²) in [5.74, 6) is 0. The topological polar surface area (TPSA) is 32.6 Å². The van der Waals surface area contributed by atoms with Crippen molar-refractivity contribution in [3.05, 3.63) is 45.6 Å². The van der Waals surface area contributed by atoms with E-state index in [0.29, 0.717) is 0 Å². The van der Waals surface area contributed by atoms with E-state index in [0.717, 1.165) is 47.5 Å². The van der Waals surface area contributed by atoms with Crippen molar-refractivity contribution in [2.75, 3.05) is 0 Å². The zero-order chi connectivity index (χ0) is 11.8. The molecule has 1 unspecified atom stereocenters. The number of rotatable bonds is 0. The third kappa shape index (κ3) is 1.92. The second kappa shape index (κ2) is 4.28. The first-order chi connectivity index (χ1) is 8.25. The van der Waals surface area contributed by atoms with E-state index in [1.807, 2.05) is 24.4 Å². The molecule has 0 radical (unpaired) electrons. The second-order valence-corrected chi connectivity index (χ2v) is 5.02. The number of benzene rings is 1. The van der Waals surface area contributed by atoms with Gasteiger partial charge >= 0.3 is 0 Å². The Balaban J connectivity index is 2.09. The van der Waals surface area contributed by atoms with Gasteiger partial charge in [-0.3, -0.25) is 4.99 Å². The maximum atomic E-state index is 10.4. The normalized spacial score (nSPS) is 23.1. The summed E-state index contributed by atoms with van der Waals surface area (Å²) in [6, 6.07) is 5.71. The Morgan fingerprint density at radius 2 is 2.12 bits per heavy atom. The number of halogens is 1. The molecule has 1 aromatic rings. The van der Waals surface area contributed by atoms with Crippen LogP contribution in [0, 0.1) is 0 Å². The summed E-state index contributed by atoms with van der Waals surface area (Å²) in [5.41, 5.74) is 4.26. The molecule has 0 fully saturated rings. The summed E-state index contributed by atoms with van der Waals surface area (Å²) in [4.78, 5) is 4.39. The molecule has 2 nitrogen and oxygen atoms in total. The predicted molar refractivity (Wildman–Crippen MR) is 69.5 cm³/mol. The lowest BCUT2D eigenvalue weighted by Gasteiger charge is -2.17. The highest BCUT2D eigenvalue weighted by Crippen LogP contribution is 2.37. The van der Waals surface area contributed by atoms with Crippen LogP contribution in [-0.4, -0.2) is 11.3 Å². The fourth-order valence-corrected chi connectivity index (χ4v) is 2.82. The molecule has 0 amide bonds. The molecule has 1 heterocycles. The summed E-state index contributed by atoms with van der Waals surface area (Å²) in [6.45, 7) is 0. The van der Waals surface area contributed by atoms with E-state index in [2.05, 4.69) is 4.99 Å². The van der Waals surface area contributed by atoms with Crippen LogP contribution in [-0.2, 0) is 6.42 Å². The smallest absolute Gasteiger partial charge is 0.121 e. The molecule has 0 bridgehead atoms. The highest BCUT2D eigenvalue weighted by Gasteiger charge is 2.24. The van der Waals surface area contributed by atoms with Crippen LogP contribution in [0.15, 0.2) is 34.5 Å². The third-order valence-corrected chi connectivity index (χ3v) is 3.76. The van der Waals surface area contributed by atoms with Crippen molar-refractivity contribution >= 4 is 17.8 Å². The van der Waals surface area contributed by atoms with Gasteiger partial charge in [-0.2, -0.15) is 0 Å². The highest BCUT2D eigenvalue weighted by atomic mass is 35.5. The van der Waals surface area contributed by atoms with Gasteiger partial charge in [-0.05, 0) is 54.5 Å². The molecular formula is C14H14ClNO. The molecule has 1 aliphatic heterocycles. The van der Waals surface area contributed by atoms with Gasteiger partial charge in [0, 0.05) is 11.2 Å². The Bertz CT molecular complexity index is 519. The van der Waals surface area contributed by atoms with Gasteiger partial charge in [-0.15, -0.1) is 0 Å². The number of nitrogens with zero attached hydrogens (tertiary/aromatic N) is 1. The molecule has 1 atom stereocenters. The number of aliphatic hydroxyl groups excluding tert-OH is 1. The number of aliphatic hydroxyl groups is 1. The van der Waals surface area contributed by atoms with Gasteiger partial charge in [0.1, 0.15) is 6.10 Å². The Hall–Kier alpha value is -1.12. The van der Waals surface area contributed by atoms with Gasteiger partial charge in [-0.25, -0.2) is 0 Å². The third-order valence-electron chi connectivity index (χ3n) is 3.52. The molecular weight excluding hydrogens is 234 g/mol. The number of hydrogen-bond donors (Lipinski definition) is 1. The van der Waals surface area contributed by atoms with Crippen LogP contribution in [0.25, 0.3) is 0 Å². The molecule has 0 saturated heterocycles. The van der Waals surface area contributed by atoms with Gasteiger partial charge in [0.2, 0.25) is 0 Å². The van der Waals surface area contributed by atoms with Crippen molar-refractivity contribution in [1.82, 2.24) is 0 Å². The highest BCUT2D eigenvalue weighted by molar-refractivity contribution is 6.30. The lowest BCUT2D eigenvalue weighted by atomic mass is 9.99. The number of aliphatic imine (C=N–C) groups is 1. The molecule has 0 aromatic heterocycles. The summed E-state index contributed by atoms with van der Waals surface area (Å²) >= 11 is 6.01. The number of aryl methyl sites for hydroxylation is 1. The average molecular weight is 248 g/mol. The minimum atomic E-state index is -0.587. The Morgan fingerprint density at radius 1 is 1.24 bits per heavy atom. The maximum Gasteiger partial charge on any atom is 0.121 e. The van der Waals surface area contributed by atoms with Gasteiger partial charge in [0.15, 0.2) is 0 Å². The second-order valence-electron chi connectivity index (χ2n) is 4.58. The van der Waals surface area contributed by atoms with Crippen molar-refractivity contribution in [1.29, 1.82) is 0 Å². The monoisotopic (exact) mass is 247 g/mol. The van der Waals surface area contributed by atoms with E-state index in [9.17, 15) is 5.11 Å². The molecule has 2 aliphatic rings. The molecule has 3 heteroatoms. The van der Waals surface area contributed by atoms with Crippen molar-refractivity contribution in [3.8, 4) is 0 Å². The fourth-order valence-electron chi connectivity index (χ4n) is 2.63. The van der Waals surface area contributed by atoms with Gasteiger partial charge < -0.3 is 5.11 Å². The standard InChI is InChI=1S/C14H14ClNO/c15-11-5-6-12-10(8-11)4-3-9-2-1-7-16-13(9)14(12)17/h5-8,14,17H,1-4H2. The Kier molecular flexibility index (Phi) is 2.77. The van der Waals surface area contributed by atoms with Crippen LogP contribution in [0.3, 0.4) is 0 Å². The van der Waals surface area contributed by atoms with Crippen LogP contribution < -0.4 is 0 Å². The number of fused-ring (bicyclic) bond motifs is 1. The van der Waals surface area contributed by atoms with Gasteiger partial charge in [-0.1, -0.05) is 17.7 Å². The van der Waals surface area contributed by atoms with Crippen molar-refractivity contribution in [2.45, 2.75) is 31.8 Å². The van der Waals surface area contributed by atoms with Crippen LogP contribution in [0.2, 0.25) is 5.02 Å². The molecule has 0 saturated carbocycles. The fraction of sp³-hybridized carbons (Fsp3) is 0.357. The van der Waals surface area contributed by atoms with E-state index in [1.165, 1.54) is 5.57 Å². The quantitative estimate of drug-likeness (QED) is 0.749. The van der Waals surface area contributed by atoms with Crippen LogP contribution in [0.4, 0.5) is 0 Å². The van der Waals surface area contributed by atoms with Crippen LogP contribution >= 0.6 is 11.6 Å². The molecule has 1 aromatic carbocycles. The van der Waals surface area contributed by atoms with Crippen LogP contribution in [0.5, 0.6) is 0 Å². The largest absolute Gasteiger partial charge is 0.382 e. The summed E-state index contributed by atoms with van der Waals surface area (Å²) in [5, 5.41) is 11.1. The van der Waals surface area contributed by atoms with E-state index in [-0.39, 0.29) is 0 Å². The van der Waals surface area contributed by atoms with Crippen LogP contribution in [0.1, 0.15) is 36.5 Å². The lowest BCUT2D eigenvalue weighted by Crippen LogP contribution is -2.05. The SMILES string of the molecule is OC1C2=C(CCC=N2)CCc2cc(Cl)ccc21. The van der Waals surface area contributed by atoms with E-state index in [4.69, 9.17) is 11.6 Å². The summed E-state index contributed by atoms with van der Waals surface area (Å²) in [7, 11) is 0. The molecule has 17 heavy (non-hydrogen) atoms. The number of hydrogen-bond acceptors (Lipinski definition) is 2. The average Bonchev–Trinajstić information content (AvgIpc) is 2.48. The molecule has 0 spiro atoms. The van der Waals surface area contributed by atoms with E-state index < -0.39 is 6.10 Å². The Morgan fingerprint density at radius 3 is 3.00 bits per heavy atom. The zero-order valence-electron chi connectivity index (χ0n) is 9.49. The van der Waals surface area contributed by atoms with Crippen molar-refractivity contribution in [3.63, 3.8) is 0 Å². The van der Waals surface area contributed by atoms with Gasteiger partial charge in [0.05, 0.1) is 5.70 Å². The molecule has 3 rings (SSSR count). The zero-order valence-corrected chi connectivity index (χ0v) is 10.2. The predicted octanol–water partition coefficient (Wildman–Crippen LogP) is 3.44. The van der Waals surface area contributed by atoms with E-state index in [1.54, 1.807) is 0 Å². The lowest BCUT2D eigenvalue weighted by molar-refractivity contribution is 0.212. The number of allylic oxidation sites excluding steroid dienone is 1.